The summed E-state index contributed by atoms with van der Waals surface area (Å²) < 4.78 is 0. The maximum Gasteiger partial charge on any atom is -0.00131 e. The molecule has 1 aliphatic heterocycles. The molecule has 0 saturated carbocycles. The van der Waals surface area contributed by atoms with E-state index in [4.69, 9.17) is 5.73 Å². The summed E-state index contributed by atoms with van der Waals surface area (Å²) in [6.07, 6.45) is 5.29. The van der Waals surface area contributed by atoms with E-state index in [2.05, 4.69) is 25.7 Å². The van der Waals surface area contributed by atoms with E-state index in [0.29, 0.717) is 5.41 Å². The molecule has 0 spiro atoms. The van der Waals surface area contributed by atoms with Crippen LogP contribution in [0.3, 0.4) is 0 Å². The van der Waals surface area contributed by atoms with E-state index in [1.165, 1.54) is 45.3 Å². The van der Waals surface area contributed by atoms with Crippen molar-refractivity contribution in [1.29, 1.82) is 0 Å². The van der Waals surface area contributed by atoms with Crippen molar-refractivity contribution < 1.29 is 0 Å². The van der Waals surface area contributed by atoms with Gasteiger partial charge in [-0.05, 0) is 63.2 Å². The molecule has 0 amide bonds. The fraction of sp³-hybridized carbons (Fsp3) is 1.00. The van der Waals surface area contributed by atoms with Gasteiger partial charge in [-0.2, -0.15) is 0 Å². The molecule has 0 aromatic carbocycles. The largest absolute Gasteiger partial charge is 0.330 e. The third-order valence-electron chi connectivity index (χ3n) is 3.81. The van der Waals surface area contributed by atoms with Gasteiger partial charge in [0.15, 0.2) is 0 Å². The van der Waals surface area contributed by atoms with Crippen molar-refractivity contribution in [1.82, 2.24) is 4.90 Å². The lowest BCUT2D eigenvalue weighted by Gasteiger charge is -2.38. The third kappa shape index (κ3) is 4.52. The van der Waals surface area contributed by atoms with Gasteiger partial charge in [0.05, 0.1) is 0 Å². The molecule has 90 valence electrons. The topological polar surface area (TPSA) is 29.3 Å². The van der Waals surface area contributed by atoms with E-state index in [9.17, 15) is 0 Å². The Bertz CT molecular complexity index is 169. The lowest BCUT2D eigenvalue weighted by molar-refractivity contribution is 0.122. The second-order valence-electron chi connectivity index (χ2n) is 5.89. The van der Waals surface area contributed by atoms with E-state index in [-0.39, 0.29) is 0 Å². The molecule has 1 fully saturated rings. The van der Waals surface area contributed by atoms with Gasteiger partial charge in [-0.25, -0.2) is 0 Å². The molecule has 1 saturated heterocycles. The number of nitrogens with zero attached hydrogens (tertiary/aromatic N) is 1. The number of hydrogen-bond donors (Lipinski definition) is 1. The summed E-state index contributed by atoms with van der Waals surface area (Å²) in [6.45, 7) is 11.6. The highest BCUT2D eigenvalue weighted by Gasteiger charge is 2.28. The molecule has 1 rings (SSSR count). The van der Waals surface area contributed by atoms with Crippen molar-refractivity contribution in [2.24, 2.45) is 17.1 Å². The maximum absolute atomic E-state index is 5.80. The van der Waals surface area contributed by atoms with Crippen molar-refractivity contribution in [3.05, 3.63) is 0 Å². The van der Waals surface area contributed by atoms with Crippen molar-refractivity contribution in [3.8, 4) is 0 Å². The lowest BCUT2D eigenvalue weighted by atomic mass is 9.80. The normalized spacial score (nSPS) is 22.2. The van der Waals surface area contributed by atoms with Gasteiger partial charge in [0.25, 0.3) is 0 Å². The highest BCUT2D eigenvalue weighted by atomic mass is 15.1. The average Bonchev–Trinajstić information content (AvgIpc) is 2.21. The Hall–Kier alpha value is -0.0800. The minimum atomic E-state index is 0.425. The van der Waals surface area contributed by atoms with Crippen LogP contribution in [0.1, 0.15) is 46.5 Å². The van der Waals surface area contributed by atoms with Crippen LogP contribution in [0.4, 0.5) is 0 Å². The van der Waals surface area contributed by atoms with Gasteiger partial charge in [0.1, 0.15) is 0 Å². The van der Waals surface area contributed by atoms with Crippen molar-refractivity contribution >= 4 is 0 Å². The Kier molecular flexibility index (Phi) is 5.07. The first-order chi connectivity index (χ1) is 7.06. The molecule has 2 heteroatoms. The first kappa shape index (κ1) is 13.0. The third-order valence-corrected chi connectivity index (χ3v) is 3.81. The van der Waals surface area contributed by atoms with Gasteiger partial charge >= 0.3 is 0 Å². The summed E-state index contributed by atoms with van der Waals surface area (Å²) in [6, 6.07) is 0. The molecular weight excluding hydrogens is 184 g/mol. The Morgan fingerprint density at radius 1 is 1.27 bits per heavy atom. The zero-order chi connectivity index (χ0) is 11.3. The van der Waals surface area contributed by atoms with Crippen LogP contribution < -0.4 is 5.73 Å². The standard InChI is InChI=1S/C13H28N2/c1-12(2)5-4-8-15-9-6-13(3,11-14)7-10-15/h12H,4-11,14H2,1-3H3. The molecule has 0 bridgehead atoms. The molecular formula is C13H28N2. The van der Waals surface area contributed by atoms with Gasteiger partial charge in [-0.1, -0.05) is 20.8 Å². The Morgan fingerprint density at radius 3 is 2.33 bits per heavy atom. The molecule has 0 unspecified atom stereocenters. The monoisotopic (exact) mass is 212 g/mol. The van der Waals surface area contributed by atoms with Crippen LogP contribution in [-0.2, 0) is 0 Å². The Balaban J connectivity index is 2.15. The molecule has 15 heavy (non-hydrogen) atoms. The number of likely N-dealkylation sites (tertiary alicyclic amines) is 1. The van der Waals surface area contributed by atoms with Crippen LogP contribution in [-0.4, -0.2) is 31.1 Å². The van der Waals surface area contributed by atoms with Crippen LogP contribution in [0, 0.1) is 11.3 Å². The highest BCUT2D eigenvalue weighted by molar-refractivity contribution is 4.82. The smallest absolute Gasteiger partial charge is 0.00131 e. The van der Waals surface area contributed by atoms with Gasteiger partial charge in [-0.3, -0.25) is 0 Å². The van der Waals surface area contributed by atoms with Gasteiger partial charge in [0, 0.05) is 0 Å². The summed E-state index contributed by atoms with van der Waals surface area (Å²) in [5.41, 5.74) is 6.23. The van der Waals surface area contributed by atoms with Crippen molar-refractivity contribution in [2.75, 3.05) is 26.2 Å². The summed E-state index contributed by atoms with van der Waals surface area (Å²) in [4.78, 5) is 2.61. The molecule has 0 aliphatic carbocycles. The molecule has 2 nitrogen and oxygen atoms in total. The van der Waals surface area contributed by atoms with E-state index >= 15 is 0 Å². The van der Waals surface area contributed by atoms with E-state index < -0.39 is 0 Å². The fourth-order valence-corrected chi connectivity index (χ4v) is 2.24. The maximum atomic E-state index is 5.80. The first-order valence-corrected chi connectivity index (χ1v) is 6.48. The summed E-state index contributed by atoms with van der Waals surface area (Å²) >= 11 is 0. The van der Waals surface area contributed by atoms with Gasteiger partial charge < -0.3 is 10.6 Å². The van der Waals surface area contributed by atoms with Gasteiger partial charge in [-0.15, -0.1) is 0 Å². The van der Waals surface area contributed by atoms with Crippen LogP contribution in [0.2, 0.25) is 0 Å². The molecule has 1 heterocycles. The number of hydrogen-bond acceptors (Lipinski definition) is 2. The minimum Gasteiger partial charge on any atom is -0.330 e. The number of nitrogens with two attached hydrogens (primary N) is 1. The van der Waals surface area contributed by atoms with Gasteiger partial charge in [0.2, 0.25) is 0 Å². The van der Waals surface area contributed by atoms with Crippen LogP contribution in [0.5, 0.6) is 0 Å². The van der Waals surface area contributed by atoms with Crippen LogP contribution in [0.25, 0.3) is 0 Å². The van der Waals surface area contributed by atoms with Crippen LogP contribution >= 0.6 is 0 Å². The molecule has 0 aromatic rings. The highest BCUT2D eigenvalue weighted by Crippen LogP contribution is 2.29. The molecule has 0 atom stereocenters. The van der Waals surface area contributed by atoms with E-state index in [0.717, 1.165) is 12.5 Å². The van der Waals surface area contributed by atoms with Crippen molar-refractivity contribution in [3.63, 3.8) is 0 Å². The zero-order valence-corrected chi connectivity index (χ0v) is 10.8. The SMILES string of the molecule is CC(C)CCCN1CCC(C)(CN)CC1. The Morgan fingerprint density at radius 2 is 1.87 bits per heavy atom. The summed E-state index contributed by atoms with van der Waals surface area (Å²) in [5, 5.41) is 0. The summed E-state index contributed by atoms with van der Waals surface area (Å²) in [7, 11) is 0. The minimum absolute atomic E-state index is 0.425. The van der Waals surface area contributed by atoms with Crippen molar-refractivity contribution in [2.45, 2.75) is 46.5 Å². The van der Waals surface area contributed by atoms with E-state index in [1.807, 2.05) is 0 Å². The lowest BCUT2D eigenvalue weighted by Crippen LogP contribution is -2.42. The fourth-order valence-electron chi connectivity index (χ4n) is 2.24. The van der Waals surface area contributed by atoms with Crippen LogP contribution in [0.15, 0.2) is 0 Å². The molecule has 0 aromatic heterocycles. The molecule has 2 N–H and O–H groups in total. The predicted octanol–water partition coefficient (Wildman–Crippen LogP) is 2.48. The molecule has 1 aliphatic rings. The average molecular weight is 212 g/mol. The quantitative estimate of drug-likeness (QED) is 0.758. The number of piperidine rings is 1. The second kappa shape index (κ2) is 5.86. The first-order valence-electron chi connectivity index (χ1n) is 6.48. The zero-order valence-electron chi connectivity index (χ0n) is 10.8. The second-order valence-corrected chi connectivity index (χ2v) is 5.89. The predicted molar refractivity (Wildman–Crippen MR) is 66.9 cm³/mol. The summed E-state index contributed by atoms with van der Waals surface area (Å²) in [5.74, 6) is 0.851. The number of rotatable bonds is 5. The molecule has 0 radical (unpaired) electrons. The van der Waals surface area contributed by atoms with E-state index in [1.54, 1.807) is 0 Å². The Labute approximate surface area is 95.2 Å².